The molecular weight excluding hydrogens is 289 g/mol. The first-order valence-electron chi connectivity index (χ1n) is 5.83. The molecular formula is C13H13F3N2O3. The number of carbonyl (C=O) groups excluding carboxylic acids is 1. The second kappa shape index (κ2) is 6.78. The number of ether oxygens (including phenoxy) is 1. The van der Waals surface area contributed by atoms with Crippen LogP contribution < -0.4 is 5.73 Å². The van der Waals surface area contributed by atoms with Gasteiger partial charge in [0.1, 0.15) is 22.7 Å². The highest BCUT2D eigenvalue weighted by Gasteiger charge is 2.36. The highest BCUT2D eigenvalue weighted by molar-refractivity contribution is 6.10. The summed E-state index contributed by atoms with van der Waals surface area (Å²) < 4.78 is 42.3. The Morgan fingerprint density at radius 3 is 2.57 bits per heavy atom. The van der Waals surface area contributed by atoms with E-state index in [1.807, 2.05) is 0 Å². The third-order valence-electron chi connectivity index (χ3n) is 2.31. The van der Waals surface area contributed by atoms with Crippen molar-refractivity contribution >= 4 is 17.9 Å². The van der Waals surface area contributed by atoms with E-state index in [9.17, 15) is 23.1 Å². The van der Waals surface area contributed by atoms with Gasteiger partial charge in [-0.1, -0.05) is 12.1 Å². The van der Waals surface area contributed by atoms with Crippen LogP contribution in [-0.2, 0) is 9.53 Å². The van der Waals surface area contributed by atoms with Crippen molar-refractivity contribution in [1.29, 1.82) is 0 Å². The second-order valence-corrected chi connectivity index (χ2v) is 3.79. The number of benzene rings is 1. The van der Waals surface area contributed by atoms with E-state index in [1.165, 1.54) is 31.2 Å². The smallest absolute Gasteiger partial charge is 0.431 e. The van der Waals surface area contributed by atoms with Crippen molar-refractivity contribution in [2.75, 3.05) is 6.61 Å². The minimum Gasteiger partial charge on any atom is -0.506 e. The van der Waals surface area contributed by atoms with E-state index in [2.05, 4.69) is 9.73 Å². The summed E-state index contributed by atoms with van der Waals surface area (Å²) >= 11 is 0. The van der Waals surface area contributed by atoms with Crippen LogP contribution in [0.2, 0.25) is 0 Å². The van der Waals surface area contributed by atoms with Crippen molar-refractivity contribution in [3.8, 4) is 5.75 Å². The maximum absolute atomic E-state index is 12.6. The lowest BCUT2D eigenvalue weighted by molar-refractivity contribution is -0.139. The standard InChI is InChI=1S/C13H13F3N2O3/c1-2-21-12(20)8(11(17)13(14,15)16)7-18-9-5-3-4-6-10(9)19/h3-7,19H,2,17H2,1H3. The molecule has 0 saturated carbocycles. The number of aromatic hydroxyl groups is 1. The molecule has 1 aromatic rings. The number of rotatable bonds is 4. The zero-order valence-electron chi connectivity index (χ0n) is 11.0. The summed E-state index contributed by atoms with van der Waals surface area (Å²) in [6, 6.07) is 5.69. The van der Waals surface area contributed by atoms with Gasteiger partial charge in [-0.2, -0.15) is 13.2 Å². The number of aliphatic imine (C=N–C) groups is 1. The summed E-state index contributed by atoms with van der Waals surface area (Å²) in [7, 11) is 0. The molecule has 0 heterocycles. The molecule has 0 spiro atoms. The fourth-order valence-corrected chi connectivity index (χ4v) is 1.30. The summed E-state index contributed by atoms with van der Waals surface area (Å²) in [6.45, 7) is 1.33. The van der Waals surface area contributed by atoms with Crippen molar-refractivity contribution in [1.82, 2.24) is 0 Å². The van der Waals surface area contributed by atoms with Gasteiger partial charge in [0.25, 0.3) is 0 Å². The first kappa shape index (κ1) is 16.5. The van der Waals surface area contributed by atoms with Crippen LogP contribution in [0.1, 0.15) is 6.92 Å². The van der Waals surface area contributed by atoms with Gasteiger partial charge in [-0.05, 0) is 19.1 Å². The van der Waals surface area contributed by atoms with Crippen LogP contribution in [-0.4, -0.2) is 30.1 Å². The van der Waals surface area contributed by atoms with Crippen LogP contribution in [0.3, 0.4) is 0 Å². The Morgan fingerprint density at radius 2 is 2.05 bits per heavy atom. The van der Waals surface area contributed by atoms with Crippen LogP contribution >= 0.6 is 0 Å². The zero-order chi connectivity index (χ0) is 16.0. The maximum atomic E-state index is 12.6. The van der Waals surface area contributed by atoms with E-state index in [0.29, 0.717) is 6.21 Å². The Bertz CT molecular complexity index is 580. The van der Waals surface area contributed by atoms with Gasteiger partial charge in [-0.25, -0.2) is 4.79 Å². The van der Waals surface area contributed by atoms with Crippen LogP contribution in [0.4, 0.5) is 18.9 Å². The normalized spacial score (nSPS) is 13.1. The Kier molecular flexibility index (Phi) is 5.34. The minimum atomic E-state index is -4.90. The molecule has 0 aliphatic carbocycles. The number of hydrogen-bond acceptors (Lipinski definition) is 5. The van der Waals surface area contributed by atoms with E-state index in [4.69, 9.17) is 5.73 Å². The summed E-state index contributed by atoms with van der Waals surface area (Å²) in [6.07, 6.45) is -4.28. The van der Waals surface area contributed by atoms with Crippen molar-refractivity contribution in [3.05, 3.63) is 35.5 Å². The molecule has 1 aromatic carbocycles. The van der Waals surface area contributed by atoms with E-state index in [1.54, 1.807) is 0 Å². The molecule has 114 valence electrons. The van der Waals surface area contributed by atoms with Crippen molar-refractivity contribution in [3.63, 3.8) is 0 Å². The predicted octanol–water partition coefficient (Wildman–Crippen LogP) is 2.43. The van der Waals surface area contributed by atoms with Crippen molar-refractivity contribution < 1.29 is 27.8 Å². The minimum absolute atomic E-state index is 0.00530. The highest BCUT2D eigenvalue weighted by atomic mass is 19.4. The molecule has 0 saturated heterocycles. The lowest BCUT2D eigenvalue weighted by Gasteiger charge is -2.10. The fourth-order valence-electron chi connectivity index (χ4n) is 1.30. The van der Waals surface area contributed by atoms with E-state index in [0.717, 1.165) is 0 Å². The molecule has 0 bridgehead atoms. The molecule has 0 amide bonds. The molecule has 1 rings (SSSR count). The molecule has 0 fully saturated rings. The lowest BCUT2D eigenvalue weighted by atomic mass is 10.2. The molecule has 0 atom stereocenters. The molecule has 5 nitrogen and oxygen atoms in total. The third kappa shape index (κ3) is 4.51. The summed E-state index contributed by atoms with van der Waals surface area (Å²) in [4.78, 5) is 15.2. The number of hydrogen-bond donors (Lipinski definition) is 2. The summed E-state index contributed by atoms with van der Waals surface area (Å²) in [5.74, 6) is -1.49. The van der Waals surface area contributed by atoms with Gasteiger partial charge < -0.3 is 15.6 Å². The molecule has 0 radical (unpaired) electrons. The zero-order valence-corrected chi connectivity index (χ0v) is 11.0. The maximum Gasteiger partial charge on any atom is 0.431 e. The number of esters is 1. The van der Waals surface area contributed by atoms with Crippen LogP contribution in [0.25, 0.3) is 0 Å². The van der Waals surface area contributed by atoms with E-state index >= 15 is 0 Å². The van der Waals surface area contributed by atoms with E-state index < -0.39 is 23.4 Å². The van der Waals surface area contributed by atoms with Gasteiger partial charge in [0, 0.05) is 6.21 Å². The number of carbonyl (C=O) groups is 1. The summed E-state index contributed by atoms with van der Waals surface area (Å²) in [5, 5.41) is 9.46. The monoisotopic (exact) mass is 302 g/mol. The van der Waals surface area contributed by atoms with Crippen molar-refractivity contribution in [2.45, 2.75) is 13.1 Å². The van der Waals surface area contributed by atoms with Crippen molar-refractivity contribution in [2.24, 2.45) is 10.7 Å². The van der Waals surface area contributed by atoms with Crippen LogP contribution in [0.15, 0.2) is 40.5 Å². The quantitative estimate of drug-likeness (QED) is 0.508. The third-order valence-corrected chi connectivity index (χ3v) is 2.31. The molecule has 21 heavy (non-hydrogen) atoms. The number of para-hydroxylation sites is 2. The van der Waals surface area contributed by atoms with Gasteiger partial charge in [0.2, 0.25) is 0 Å². The Hall–Kier alpha value is -2.51. The predicted molar refractivity (Wildman–Crippen MR) is 70.2 cm³/mol. The van der Waals surface area contributed by atoms with Gasteiger partial charge in [-0.3, -0.25) is 4.99 Å². The number of phenolic OH excluding ortho intramolecular Hbond substituents is 1. The fraction of sp³-hybridized carbons (Fsp3) is 0.231. The Labute approximate surface area is 118 Å². The van der Waals surface area contributed by atoms with E-state index in [-0.39, 0.29) is 18.0 Å². The van der Waals surface area contributed by atoms with Crippen LogP contribution in [0.5, 0.6) is 5.75 Å². The number of phenols is 1. The molecule has 0 aromatic heterocycles. The highest BCUT2D eigenvalue weighted by Crippen LogP contribution is 2.27. The Morgan fingerprint density at radius 1 is 1.43 bits per heavy atom. The van der Waals surface area contributed by atoms with Gasteiger partial charge >= 0.3 is 12.1 Å². The molecule has 0 aliphatic heterocycles. The number of nitrogens with zero attached hydrogens (tertiary/aromatic N) is 1. The average molecular weight is 302 g/mol. The molecule has 8 heteroatoms. The first-order valence-corrected chi connectivity index (χ1v) is 5.83. The Balaban J connectivity index is 3.21. The molecule has 0 unspecified atom stereocenters. The lowest BCUT2D eigenvalue weighted by Crippen LogP contribution is -2.26. The molecule has 3 N–H and O–H groups in total. The van der Waals surface area contributed by atoms with Gasteiger partial charge in [-0.15, -0.1) is 0 Å². The number of nitrogens with two attached hydrogens (primary N) is 1. The number of alkyl halides is 3. The number of halogens is 3. The SMILES string of the molecule is CCOC(=O)C(C=Nc1ccccc1O)=C(N)C(F)(F)F. The van der Waals surface area contributed by atoms with Gasteiger partial charge in [0.15, 0.2) is 0 Å². The largest absolute Gasteiger partial charge is 0.506 e. The topological polar surface area (TPSA) is 84.9 Å². The molecule has 0 aliphatic rings. The summed E-state index contributed by atoms with van der Waals surface area (Å²) in [5.41, 5.74) is 2.39. The number of allylic oxidation sites excluding steroid dienone is 1. The van der Waals surface area contributed by atoms with Crippen LogP contribution in [0, 0.1) is 0 Å². The average Bonchev–Trinajstić information content (AvgIpc) is 2.40. The first-order chi connectivity index (χ1) is 9.77. The second-order valence-electron chi connectivity index (χ2n) is 3.79. The van der Waals surface area contributed by atoms with Gasteiger partial charge in [0.05, 0.1) is 6.61 Å².